The Labute approximate surface area is 90.9 Å². The molecule has 0 saturated carbocycles. The average molecular weight is 254 g/mol. The highest BCUT2D eigenvalue weighted by molar-refractivity contribution is 7.89. The van der Waals surface area contributed by atoms with Gasteiger partial charge in [-0.1, -0.05) is 0 Å². The maximum atomic E-state index is 11.4. The number of alkyl halides is 1. The third-order valence-corrected chi connectivity index (χ3v) is 4.35. The molecule has 0 atom stereocenters. The van der Waals surface area contributed by atoms with Crippen LogP contribution in [0.4, 0.5) is 0 Å². The molecular weight excluding hydrogens is 246 g/mol. The van der Waals surface area contributed by atoms with E-state index < -0.39 is 10.0 Å². The Balaban J connectivity index is 3.25. The zero-order chi connectivity index (χ0) is 10.8. The standard InChI is InChI=1S/C7H8ClNO3S2/c1-9-14(11,12)6-2-3-13-7(6)5(10)4-8/h2-3,9H,4H2,1H3. The van der Waals surface area contributed by atoms with E-state index in [1.54, 1.807) is 5.38 Å². The second-order valence-electron chi connectivity index (χ2n) is 2.38. The molecule has 0 aromatic carbocycles. The lowest BCUT2D eigenvalue weighted by atomic mass is 10.3. The van der Waals surface area contributed by atoms with Gasteiger partial charge in [-0.2, -0.15) is 0 Å². The van der Waals surface area contributed by atoms with Crippen molar-refractivity contribution in [3.8, 4) is 0 Å². The summed E-state index contributed by atoms with van der Waals surface area (Å²) < 4.78 is 25.0. The first kappa shape index (κ1) is 11.6. The van der Waals surface area contributed by atoms with Gasteiger partial charge in [0.15, 0.2) is 5.78 Å². The van der Waals surface area contributed by atoms with E-state index in [0.717, 1.165) is 11.3 Å². The van der Waals surface area contributed by atoms with Crippen molar-refractivity contribution in [1.82, 2.24) is 4.72 Å². The maximum absolute atomic E-state index is 11.4. The van der Waals surface area contributed by atoms with Crippen molar-refractivity contribution >= 4 is 38.7 Å². The number of ketones is 1. The molecular formula is C7H8ClNO3S2. The highest BCUT2D eigenvalue weighted by atomic mass is 35.5. The Hall–Kier alpha value is -0.430. The van der Waals surface area contributed by atoms with Crippen LogP contribution in [0.3, 0.4) is 0 Å². The van der Waals surface area contributed by atoms with Crippen LogP contribution in [0.25, 0.3) is 0 Å². The Morgan fingerprint density at radius 1 is 1.64 bits per heavy atom. The van der Waals surface area contributed by atoms with E-state index in [9.17, 15) is 13.2 Å². The van der Waals surface area contributed by atoms with Gasteiger partial charge in [0, 0.05) is 0 Å². The lowest BCUT2D eigenvalue weighted by Gasteiger charge is -2.01. The molecule has 0 unspecified atom stereocenters. The first-order valence-corrected chi connectivity index (χ1v) is 6.53. The van der Waals surface area contributed by atoms with Gasteiger partial charge in [0.05, 0.1) is 10.8 Å². The van der Waals surface area contributed by atoms with Crippen LogP contribution in [-0.4, -0.2) is 27.1 Å². The average Bonchev–Trinajstić information content (AvgIpc) is 2.65. The third-order valence-electron chi connectivity index (χ3n) is 1.56. The van der Waals surface area contributed by atoms with Crippen LogP contribution in [0.15, 0.2) is 16.3 Å². The molecule has 4 nitrogen and oxygen atoms in total. The Kier molecular flexibility index (Phi) is 3.65. The van der Waals surface area contributed by atoms with E-state index in [2.05, 4.69) is 4.72 Å². The topological polar surface area (TPSA) is 63.2 Å². The molecule has 0 amide bonds. The summed E-state index contributed by atoms with van der Waals surface area (Å²) in [4.78, 5) is 11.4. The Bertz CT molecular complexity index is 438. The van der Waals surface area contributed by atoms with Crippen LogP contribution in [0, 0.1) is 0 Å². The van der Waals surface area contributed by atoms with Crippen LogP contribution >= 0.6 is 22.9 Å². The van der Waals surface area contributed by atoms with Gasteiger partial charge in [-0.25, -0.2) is 13.1 Å². The van der Waals surface area contributed by atoms with Crippen molar-refractivity contribution in [3.63, 3.8) is 0 Å². The van der Waals surface area contributed by atoms with E-state index in [4.69, 9.17) is 11.6 Å². The first-order chi connectivity index (χ1) is 6.53. The number of carbonyl (C=O) groups is 1. The molecule has 14 heavy (non-hydrogen) atoms. The van der Waals surface area contributed by atoms with E-state index >= 15 is 0 Å². The molecule has 0 aliphatic carbocycles. The van der Waals surface area contributed by atoms with Gasteiger partial charge in [-0.05, 0) is 18.5 Å². The van der Waals surface area contributed by atoms with E-state index in [1.165, 1.54) is 13.1 Å². The van der Waals surface area contributed by atoms with Gasteiger partial charge in [-0.15, -0.1) is 22.9 Å². The molecule has 0 fully saturated rings. The van der Waals surface area contributed by atoms with Crippen molar-refractivity contribution in [3.05, 3.63) is 16.3 Å². The first-order valence-electron chi connectivity index (χ1n) is 3.63. The molecule has 7 heteroatoms. The summed E-state index contributed by atoms with van der Waals surface area (Å²) in [6, 6.07) is 1.39. The number of halogens is 1. The summed E-state index contributed by atoms with van der Waals surface area (Å²) >= 11 is 6.42. The molecule has 1 rings (SSSR count). The summed E-state index contributed by atoms with van der Waals surface area (Å²) in [5.74, 6) is -0.595. The molecule has 78 valence electrons. The van der Waals surface area contributed by atoms with Crippen LogP contribution in [0.5, 0.6) is 0 Å². The van der Waals surface area contributed by atoms with Crippen LogP contribution in [-0.2, 0) is 10.0 Å². The molecule has 1 aromatic rings. The van der Waals surface area contributed by atoms with Crippen molar-refractivity contribution in [2.24, 2.45) is 0 Å². The number of thiophene rings is 1. The van der Waals surface area contributed by atoms with Crippen molar-refractivity contribution in [2.75, 3.05) is 12.9 Å². The number of carbonyl (C=O) groups excluding carboxylic acids is 1. The molecule has 0 bridgehead atoms. The largest absolute Gasteiger partial charge is 0.292 e. The highest BCUT2D eigenvalue weighted by Gasteiger charge is 2.21. The molecule has 0 saturated heterocycles. The minimum atomic E-state index is -3.56. The van der Waals surface area contributed by atoms with Crippen LogP contribution in [0.2, 0.25) is 0 Å². The Morgan fingerprint density at radius 2 is 2.29 bits per heavy atom. The Morgan fingerprint density at radius 3 is 2.79 bits per heavy atom. The van der Waals surface area contributed by atoms with E-state index in [-0.39, 0.29) is 21.4 Å². The number of nitrogens with one attached hydrogen (secondary N) is 1. The normalized spacial score (nSPS) is 11.6. The zero-order valence-corrected chi connectivity index (χ0v) is 9.67. The van der Waals surface area contributed by atoms with Crippen LogP contribution in [0.1, 0.15) is 9.67 Å². The molecule has 0 spiro atoms. The quantitative estimate of drug-likeness (QED) is 0.645. The number of rotatable bonds is 4. The molecule has 0 aliphatic rings. The molecule has 1 N–H and O–H groups in total. The van der Waals surface area contributed by atoms with E-state index in [1.807, 2.05) is 0 Å². The molecule has 0 aliphatic heterocycles. The monoisotopic (exact) mass is 253 g/mol. The van der Waals surface area contributed by atoms with Gasteiger partial charge in [0.2, 0.25) is 10.0 Å². The lowest BCUT2D eigenvalue weighted by Crippen LogP contribution is -2.20. The SMILES string of the molecule is CNS(=O)(=O)c1ccsc1C(=O)CCl. The second kappa shape index (κ2) is 4.39. The second-order valence-corrected chi connectivity index (χ2v) is 5.42. The van der Waals surface area contributed by atoms with Gasteiger partial charge in [-0.3, -0.25) is 4.79 Å². The predicted octanol–water partition coefficient (Wildman–Crippen LogP) is 1.08. The van der Waals surface area contributed by atoms with Gasteiger partial charge < -0.3 is 0 Å². The molecule has 1 aromatic heterocycles. The fourth-order valence-corrected chi connectivity index (χ4v) is 3.21. The summed E-state index contributed by atoms with van der Waals surface area (Å²) in [5, 5.41) is 1.55. The summed E-state index contributed by atoms with van der Waals surface area (Å²) in [6.07, 6.45) is 0. The number of sulfonamides is 1. The minimum absolute atomic E-state index is 0.00403. The third kappa shape index (κ3) is 2.14. The number of hydrogen-bond acceptors (Lipinski definition) is 4. The summed E-state index contributed by atoms with van der Waals surface area (Å²) in [5.41, 5.74) is 0. The molecule has 0 radical (unpaired) electrons. The minimum Gasteiger partial charge on any atom is -0.292 e. The maximum Gasteiger partial charge on any atom is 0.241 e. The molecule has 1 heterocycles. The van der Waals surface area contributed by atoms with Gasteiger partial charge in [0.25, 0.3) is 0 Å². The zero-order valence-electron chi connectivity index (χ0n) is 7.28. The smallest absolute Gasteiger partial charge is 0.241 e. The predicted molar refractivity (Wildman–Crippen MR) is 55.6 cm³/mol. The fourth-order valence-electron chi connectivity index (χ4n) is 0.883. The number of hydrogen-bond donors (Lipinski definition) is 1. The summed E-state index contributed by atoms with van der Waals surface area (Å²) in [7, 11) is -2.27. The van der Waals surface area contributed by atoms with Crippen molar-refractivity contribution in [2.45, 2.75) is 4.90 Å². The van der Waals surface area contributed by atoms with Gasteiger partial charge >= 0.3 is 0 Å². The van der Waals surface area contributed by atoms with Crippen LogP contribution < -0.4 is 4.72 Å². The van der Waals surface area contributed by atoms with Crippen molar-refractivity contribution < 1.29 is 13.2 Å². The van der Waals surface area contributed by atoms with E-state index in [0.29, 0.717) is 0 Å². The summed E-state index contributed by atoms with van der Waals surface area (Å²) in [6.45, 7) is 0. The fraction of sp³-hybridized carbons (Fsp3) is 0.286. The van der Waals surface area contributed by atoms with Gasteiger partial charge in [0.1, 0.15) is 4.90 Å². The lowest BCUT2D eigenvalue weighted by molar-refractivity contribution is 0.102. The van der Waals surface area contributed by atoms with Crippen molar-refractivity contribution in [1.29, 1.82) is 0 Å². The number of Topliss-reactive ketones (excluding diaryl/α,β-unsaturated/α-hetero) is 1. The highest BCUT2D eigenvalue weighted by Crippen LogP contribution is 2.22.